The Balaban J connectivity index is 1.76. The molecule has 0 unspecified atom stereocenters. The van der Waals surface area contributed by atoms with Crippen LogP contribution in [-0.2, 0) is 0 Å². The highest BCUT2D eigenvalue weighted by Crippen LogP contribution is 2.31. The summed E-state index contributed by atoms with van der Waals surface area (Å²) in [6.07, 6.45) is 3.67. The lowest BCUT2D eigenvalue weighted by atomic mass is 10.1. The van der Waals surface area contributed by atoms with Crippen molar-refractivity contribution in [3.05, 3.63) is 41.7 Å². The van der Waals surface area contributed by atoms with Gasteiger partial charge in [0.1, 0.15) is 18.2 Å². The summed E-state index contributed by atoms with van der Waals surface area (Å²) in [7, 11) is 0. The van der Waals surface area contributed by atoms with Gasteiger partial charge < -0.3 is 15.2 Å². The van der Waals surface area contributed by atoms with E-state index in [1.54, 1.807) is 16.8 Å². The van der Waals surface area contributed by atoms with Gasteiger partial charge in [0.05, 0.1) is 12.8 Å². The second-order valence-corrected chi connectivity index (χ2v) is 6.59. The van der Waals surface area contributed by atoms with E-state index in [-0.39, 0.29) is 6.61 Å². The van der Waals surface area contributed by atoms with Crippen LogP contribution in [0.4, 0.5) is 5.82 Å². The van der Waals surface area contributed by atoms with Gasteiger partial charge in [-0.3, -0.25) is 4.90 Å². The fourth-order valence-electron chi connectivity index (χ4n) is 3.08. The van der Waals surface area contributed by atoms with Gasteiger partial charge in [0.25, 0.3) is 0 Å². The van der Waals surface area contributed by atoms with Crippen LogP contribution in [-0.4, -0.2) is 64.0 Å². The average molecular weight is 374 g/mol. The fraction of sp³-hybridized carbons (Fsp3) is 0.333. The van der Waals surface area contributed by atoms with Gasteiger partial charge >= 0.3 is 0 Å². The lowest BCUT2D eigenvalue weighted by Gasteiger charge is -2.22. The molecule has 1 aliphatic heterocycles. The predicted molar refractivity (Wildman–Crippen MR) is 101 cm³/mol. The first-order valence-electron chi connectivity index (χ1n) is 8.58. The number of rotatable bonds is 2. The van der Waals surface area contributed by atoms with Gasteiger partial charge in [-0.2, -0.15) is 5.10 Å². The Morgan fingerprint density at radius 1 is 1.27 bits per heavy atom. The van der Waals surface area contributed by atoms with E-state index in [4.69, 9.17) is 21.3 Å². The zero-order valence-corrected chi connectivity index (χ0v) is 15.0. The number of hydrogen-bond acceptors (Lipinski definition) is 6. The third kappa shape index (κ3) is 3.60. The number of nitrogens with zero attached hydrogens (tertiary/aromatic N) is 4. The highest BCUT2D eigenvalue weighted by molar-refractivity contribution is 6.31. The molecule has 2 aromatic heterocycles. The van der Waals surface area contributed by atoms with Gasteiger partial charge in [-0.15, -0.1) is 0 Å². The van der Waals surface area contributed by atoms with Gasteiger partial charge in [-0.25, -0.2) is 9.50 Å². The minimum absolute atomic E-state index is 0.116. The van der Waals surface area contributed by atoms with E-state index in [0.717, 1.165) is 42.2 Å². The molecule has 4 bridgehead atoms. The third-order valence-corrected chi connectivity index (χ3v) is 4.60. The molecule has 3 aromatic rings. The topological polar surface area (TPSA) is 74.9 Å². The first-order chi connectivity index (χ1) is 12.7. The van der Waals surface area contributed by atoms with E-state index in [9.17, 15) is 5.11 Å². The zero-order valence-electron chi connectivity index (χ0n) is 14.2. The Morgan fingerprint density at radius 3 is 3.08 bits per heavy atom. The van der Waals surface area contributed by atoms with E-state index in [0.29, 0.717) is 23.9 Å². The molecular weight excluding hydrogens is 354 g/mol. The van der Waals surface area contributed by atoms with Crippen molar-refractivity contribution in [2.45, 2.75) is 0 Å². The van der Waals surface area contributed by atoms with Crippen LogP contribution in [0.1, 0.15) is 0 Å². The highest BCUT2D eigenvalue weighted by atomic mass is 35.5. The molecule has 7 nitrogen and oxygen atoms in total. The molecule has 0 saturated carbocycles. The van der Waals surface area contributed by atoms with Gasteiger partial charge in [0, 0.05) is 43.0 Å². The maximum atomic E-state index is 9.26. The summed E-state index contributed by atoms with van der Waals surface area (Å²) in [6, 6.07) is 7.54. The Morgan fingerprint density at radius 2 is 2.19 bits per heavy atom. The summed E-state index contributed by atoms with van der Waals surface area (Å²) >= 11 is 6.30. The fourth-order valence-corrected chi connectivity index (χ4v) is 3.31. The minimum Gasteiger partial charge on any atom is -0.492 e. The van der Waals surface area contributed by atoms with Crippen LogP contribution >= 0.6 is 11.6 Å². The molecule has 136 valence electrons. The molecule has 0 amide bonds. The van der Waals surface area contributed by atoms with E-state index in [1.165, 1.54) is 0 Å². The summed E-state index contributed by atoms with van der Waals surface area (Å²) in [6.45, 7) is 3.46. The molecule has 26 heavy (non-hydrogen) atoms. The van der Waals surface area contributed by atoms with E-state index < -0.39 is 0 Å². The second kappa shape index (κ2) is 7.49. The quantitative estimate of drug-likeness (QED) is 0.717. The van der Waals surface area contributed by atoms with E-state index >= 15 is 0 Å². The number of aliphatic hydroxyl groups excluding tert-OH is 1. The minimum atomic E-state index is 0.116. The van der Waals surface area contributed by atoms with Crippen molar-refractivity contribution in [2.24, 2.45) is 0 Å². The lowest BCUT2D eigenvalue weighted by Crippen LogP contribution is -2.35. The monoisotopic (exact) mass is 373 g/mol. The van der Waals surface area contributed by atoms with Crippen molar-refractivity contribution in [3.8, 4) is 16.9 Å². The molecule has 0 radical (unpaired) electrons. The first kappa shape index (κ1) is 17.1. The molecule has 2 N–H and O–H groups in total. The van der Waals surface area contributed by atoms with E-state index in [2.05, 4.69) is 15.3 Å². The molecule has 1 aromatic carbocycles. The Bertz CT molecular complexity index is 914. The van der Waals surface area contributed by atoms with Gasteiger partial charge in [-0.05, 0) is 29.8 Å². The van der Waals surface area contributed by atoms with E-state index in [1.807, 2.05) is 24.4 Å². The SMILES string of the molecule is OCCN1CCNc2ccn3ncc(c3n2)-c2cc(Cl)cc(c2)OCC1. The number of hydrogen-bond donors (Lipinski definition) is 2. The summed E-state index contributed by atoms with van der Waals surface area (Å²) in [5.74, 6) is 1.50. The van der Waals surface area contributed by atoms with Crippen LogP contribution in [0.15, 0.2) is 36.7 Å². The molecule has 0 spiro atoms. The molecular formula is C18H20ClN5O2. The van der Waals surface area contributed by atoms with Crippen LogP contribution in [0.3, 0.4) is 0 Å². The molecule has 8 heteroatoms. The third-order valence-electron chi connectivity index (χ3n) is 4.38. The number of nitrogens with one attached hydrogen (secondary N) is 1. The van der Waals surface area contributed by atoms with Crippen LogP contribution < -0.4 is 10.1 Å². The second-order valence-electron chi connectivity index (χ2n) is 6.16. The largest absolute Gasteiger partial charge is 0.492 e. The van der Waals surface area contributed by atoms with Crippen LogP contribution in [0, 0.1) is 0 Å². The van der Waals surface area contributed by atoms with Crippen LogP contribution in [0.25, 0.3) is 16.8 Å². The van der Waals surface area contributed by atoms with Crippen molar-refractivity contribution in [1.82, 2.24) is 19.5 Å². The molecule has 0 saturated heterocycles. The summed E-state index contributed by atoms with van der Waals surface area (Å²) in [5.41, 5.74) is 2.57. The number of halogens is 1. The number of aliphatic hydroxyl groups is 1. The Hall–Kier alpha value is -2.35. The number of fused-ring (bicyclic) bond motifs is 4. The first-order valence-corrected chi connectivity index (χ1v) is 8.96. The number of benzene rings is 1. The molecule has 0 atom stereocenters. The number of anilines is 1. The van der Waals surface area contributed by atoms with Gasteiger partial charge in [-0.1, -0.05) is 11.6 Å². The Labute approximate surface area is 156 Å². The standard InChI is InChI=1S/C18H20ClN5O2/c19-14-9-13-10-15(11-14)26-8-6-23(5-7-25)4-2-20-17-1-3-24-18(22-17)16(13)12-21-24/h1,3,9-12,25H,2,4-8H2,(H,20,22). The summed E-state index contributed by atoms with van der Waals surface area (Å²) < 4.78 is 7.64. The van der Waals surface area contributed by atoms with Crippen molar-refractivity contribution in [2.75, 3.05) is 44.7 Å². The predicted octanol–water partition coefficient (Wildman–Crippen LogP) is 2.15. The highest BCUT2D eigenvalue weighted by Gasteiger charge is 2.13. The smallest absolute Gasteiger partial charge is 0.165 e. The molecule has 0 fully saturated rings. The molecule has 0 aliphatic carbocycles. The van der Waals surface area contributed by atoms with Crippen molar-refractivity contribution in [1.29, 1.82) is 0 Å². The average Bonchev–Trinajstić information content (AvgIpc) is 3.04. The Kier molecular flexibility index (Phi) is 4.92. The number of β-amino-alcohol motifs (C(OH)–C–C–N with tert-alkyl or cyclic N) is 1. The number of aromatic nitrogens is 3. The lowest BCUT2D eigenvalue weighted by molar-refractivity contribution is 0.172. The normalized spacial score (nSPS) is 15.5. The summed E-state index contributed by atoms with van der Waals surface area (Å²) in [4.78, 5) is 6.84. The number of ether oxygens (including phenoxy) is 1. The van der Waals surface area contributed by atoms with Crippen LogP contribution in [0.5, 0.6) is 5.75 Å². The molecule has 3 heterocycles. The van der Waals surface area contributed by atoms with Crippen molar-refractivity contribution in [3.63, 3.8) is 0 Å². The van der Waals surface area contributed by atoms with Gasteiger partial charge in [0.2, 0.25) is 0 Å². The van der Waals surface area contributed by atoms with Gasteiger partial charge in [0.15, 0.2) is 5.65 Å². The van der Waals surface area contributed by atoms with Crippen molar-refractivity contribution >= 4 is 23.1 Å². The molecule has 4 rings (SSSR count). The maximum Gasteiger partial charge on any atom is 0.165 e. The van der Waals surface area contributed by atoms with Crippen LogP contribution in [0.2, 0.25) is 5.02 Å². The zero-order chi connectivity index (χ0) is 17.9. The summed E-state index contributed by atoms with van der Waals surface area (Å²) in [5, 5.41) is 17.6. The maximum absolute atomic E-state index is 9.26. The molecule has 1 aliphatic rings. The van der Waals surface area contributed by atoms with Crippen molar-refractivity contribution < 1.29 is 9.84 Å².